The maximum absolute atomic E-state index is 12.0. The standard InChI is InChI=1S/C18H25N3O2S/c1-12(2)8-9-14(4)19-16(22)11-24-18-21-20-17(23-18)15-7-5-6-13(3)10-15/h5-7,10,12,14H,8-9,11H2,1-4H3,(H,19,22)/t14-/m1/s1. The number of benzene rings is 1. The van der Waals surface area contributed by atoms with Gasteiger partial charge >= 0.3 is 0 Å². The van der Waals surface area contributed by atoms with Crippen molar-refractivity contribution in [3.63, 3.8) is 0 Å². The third-order valence-corrected chi connectivity index (χ3v) is 4.40. The van der Waals surface area contributed by atoms with E-state index < -0.39 is 0 Å². The van der Waals surface area contributed by atoms with Gasteiger partial charge in [0.1, 0.15) is 0 Å². The maximum atomic E-state index is 12.0. The van der Waals surface area contributed by atoms with Gasteiger partial charge in [-0.15, -0.1) is 10.2 Å². The van der Waals surface area contributed by atoms with Crippen molar-refractivity contribution >= 4 is 17.7 Å². The van der Waals surface area contributed by atoms with Crippen molar-refractivity contribution < 1.29 is 9.21 Å². The minimum absolute atomic E-state index is 0.00781. The maximum Gasteiger partial charge on any atom is 0.277 e. The predicted molar refractivity (Wildman–Crippen MR) is 96.9 cm³/mol. The highest BCUT2D eigenvalue weighted by Gasteiger charge is 2.13. The summed E-state index contributed by atoms with van der Waals surface area (Å²) in [4.78, 5) is 12.0. The summed E-state index contributed by atoms with van der Waals surface area (Å²) in [7, 11) is 0. The van der Waals surface area contributed by atoms with Gasteiger partial charge in [0.2, 0.25) is 11.8 Å². The molecule has 2 rings (SSSR count). The number of thioether (sulfide) groups is 1. The zero-order chi connectivity index (χ0) is 17.5. The number of aryl methyl sites for hydroxylation is 1. The van der Waals surface area contributed by atoms with Crippen molar-refractivity contribution in [3.05, 3.63) is 29.8 Å². The smallest absolute Gasteiger partial charge is 0.277 e. The summed E-state index contributed by atoms with van der Waals surface area (Å²) >= 11 is 1.26. The fourth-order valence-electron chi connectivity index (χ4n) is 2.26. The highest BCUT2D eigenvalue weighted by atomic mass is 32.2. The fourth-order valence-corrected chi connectivity index (χ4v) is 2.84. The van der Waals surface area contributed by atoms with E-state index in [0.29, 0.717) is 17.0 Å². The van der Waals surface area contributed by atoms with Crippen molar-refractivity contribution in [2.75, 3.05) is 5.75 Å². The van der Waals surface area contributed by atoms with E-state index in [-0.39, 0.29) is 17.7 Å². The molecule has 1 heterocycles. The normalized spacial score (nSPS) is 12.4. The highest BCUT2D eigenvalue weighted by molar-refractivity contribution is 7.99. The number of nitrogens with zero attached hydrogens (tertiary/aromatic N) is 2. The minimum atomic E-state index is -0.00781. The second kappa shape index (κ2) is 8.87. The topological polar surface area (TPSA) is 68.0 Å². The molecule has 0 saturated heterocycles. The van der Waals surface area contributed by atoms with Crippen LogP contribution in [0.15, 0.2) is 33.9 Å². The summed E-state index contributed by atoms with van der Waals surface area (Å²) < 4.78 is 5.62. The first kappa shape index (κ1) is 18.5. The van der Waals surface area contributed by atoms with Gasteiger partial charge in [-0.3, -0.25) is 4.79 Å². The summed E-state index contributed by atoms with van der Waals surface area (Å²) in [5, 5.41) is 11.5. The fraction of sp³-hybridized carbons (Fsp3) is 0.500. The zero-order valence-electron chi connectivity index (χ0n) is 14.7. The van der Waals surface area contributed by atoms with E-state index in [1.165, 1.54) is 11.8 Å². The Morgan fingerprint density at radius 2 is 2.04 bits per heavy atom. The molecule has 0 bridgehead atoms. The average Bonchev–Trinajstić information content (AvgIpc) is 3.00. The van der Waals surface area contributed by atoms with Crippen molar-refractivity contribution in [1.82, 2.24) is 15.5 Å². The number of amides is 1. The quantitative estimate of drug-likeness (QED) is 0.729. The molecular weight excluding hydrogens is 322 g/mol. The zero-order valence-corrected chi connectivity index (χ0v) is 15.5. The van der Waals surface area contributed by atoms with Gasteiger partial charge in [-0.2, -0.15) is 0 Å². The predicted octanol–water partition coefficient (Wildman–Crippen LogP) is 4.08. The molecule has 0 aliphatic carbocycles. The van der Waals surface area contributed by atoms with Crippen LogP contribution in [0.5, 0.6) is 0 Å². The van der Waals surface area contributed by atoms with E-state index in [2.05, 4.69) is 29.4 Å². The molecule has 1 N–H and O–H groups in total. The number of rotatable bonds is 8. The van der Waals surface area contributed by atoms with Crippen LogP contribution in [0.3, 0.4) is 0 Å². The first-order chi connectivity index (χ1) is 11.4. The summed E-state index contributed by atoms with van der Waals surface area (Å²) in [6, 6.07) is 8.07. The van der Waals surface area contributed by atoms with Gasteiger partial charge in [0.25, 0.3) is 5.22 Å². The van der Waals surface area contributed by atoms with E-state index in [9.17, 15) is 4.79 Å². The van der Waals surface area contributed by atoms with Gasteiger partial charge in [-0.05, 0) is 44.7 Å². The highest BCUT2D eigenvalue weighted by Crippen LogP contribution is 2.23. The molecule has 0 fully saturated rings. The SMILES string of the molecule is Cc1cccc(-c2nnc(SCC(=O)N[C@H](C)CCC(C)C)o2)c1. The number of nitrogens with one attached hydrogen (secondary N) is 1. The van der Waals surface area contributed by atoms with E-state index in [4.69, 9.17) is 4.42 Å². The number of hydrogen-bond donors (Lipinski definition) is 1. The van der Waals surface area contributed by atoms with Crippen LogP contribution in [0.1, 0.15) is 39.2 Å². The number of carbonyl (C=O) groups excluding carboxylic acids is 1. The first-order valence-electron chi connectivity index (χ1n) is 8.26. The largest absolute Gasteiger partial charge is 0.411 e. The molecule has 1 amide bonds. The van der Waals surface area contributed by atoms with Crippen molar-refractivity contribution in [1.29, 1.82) is 0 Å². The number of carbonyl (C=O) groups is 1. The summed E-state index contributed by atoms with van der Waals surface area (Å²) in [6.07, 6.45) is 2.10. The molecule has 0 radical (unpaired) electrons. The van der Waals surface area contributed by atoms with Gasteiger partial charge in [-0.1, -0.05) is 43.3 Å². The number of aromatic nitrogens is 2. The van der Waals surface area contributed by atoms with Gasteiger partial charge in [0.15, 0.2) is 0 Å². The molecule has 5 nitrogen and oxygen atoms in total. The Bertz CT molecular complexity index is 670. The van der Waals surface area contributed by atoms with Crippen LogP contribution in [0.2, 0.25) is 0 Å². The summed E-state index contributed by atoms with van der Waals surface area (Å²) in [6.45, 7) is 8.42. The Morgan fingerprint density at radius 1 is 1.25 bits per heavy atom. The summed E-state index contributed by atoms with van der Waals surface area (Å²) in [5.74, 6) is 1.40. The number of hydrogen-bond acceptors (Lipinski definition) is 5. The minimum Gasteiger partial charge on any atom is -0.411 e. The molecule has 2 aromatic rings. The lowest BCUT2D eigenvalue weighted by atomic mass is 10.0. The lowest BCUT2D eigenvalue weighted by Gasteiger charge is -2.14. The second-order valence-corrected chi connectivity index (χ2v) is 7.40. The van der Waals surface area contributed by atoms with Crippen LogP contribution < -0.4 is 5.32 Å². The van der Waals surface area contributed by atoms with Crippen LogP contribution in [0.4, 0.5) is 0 Å². The molecule has 1 atom stereocenters. The summed E-state index contributed by atoms with van der Waals surface area (Å²) in [5.41, 5.74) is 2.02. The van der Waals surface area contributed by atoms with Crippen LogP contribution in [-0.4, -0.2) is 27.9 Å². The van der Waals surface area contributed by atoms with E-state index in [1.54, 1.807) is 0 Å². The van der Waals surface area contributed by atoms with E-state index in [0.717, 1.165) is 24.0 Å². The van der Waals surface area contributed by atoms with Crippen molar-refractivity contribution in [2.24, 2.45) is 5.92 Å². The molecule has 0 aliphatic rings. The molecule has 0 aliphatic heterocycles. The van der Waals surface area contributed by atoms with E-state index >= 15 is 0 Å². The van der Waals surface area contributed by atoms with Gasteiger partial charge in [-0.25, -0.2) is 0 Å². The third kappa shape index (κ3) is 6.00. The van der Waals surface area contributed by atoms with Crippen LogP contribution in [0.25, 0.3) is 11.5 Å². The molecule has 0 unspecified atom stereocenters. The molecule has 1 aromatic heterocycles. The van der Waals surface area contributed by atoms with Crippen LogP contribution >= 0.6 is 11.8 Å². The first-order valence-corrected chi connectivity index (χ1v) is 9.25. The molecule has 24 heavy (non-hydrogen) atoms. The van der Waals surface area contributed by atoms with Gasteiger partial charge < -0.3 is 9.73 Å². The molecule has 6 heteroatoms. The Labute approximate surface area is 147 Å². The molecule has 0 saturated carbocycles. The van der Waals surface area contributed by atoms with Gasteiger partial charge in [0, 0.05) is 11.6 Å². The van der Waals surface area contributed by atoms with Crippen molar-refractivity contribution in [3.8, 4) is 11.5 Å². The molecule has 0 spiro atoms. The molecule has 130 valence electrons. The Balaban J connectivity index is 1.81. The third-order valence-electron chi connectivity index (χ3n) is 3.58. The van der Waals surface area contributed by atoms with Gasteiger partial charge in [0.05, 0.1) is 5.75 Å². The Hall–Kier alpha value is -1.82. The van der Waals surface area contributed by atoms with Crippen molar-refractivity contribution in [2.45, 2.75) is 51.8 Å². The van der Waals surface area contributed by atoms with E-state index in [1.807, 2.05) is 38.1 Å². The lowest BCUT2D eigenvalue weighted by molar-refractivity contribution is -0.119. The van der Waals surface area contributed by atoms with Crippen LogP contribution in [-0.2, 0) is 4.79 Å². The Kier molecular flexibility index (Phi) is 6.85. The van der Waals surface area contributed by atoms with Crippen LogP contribution in [0, 0.1) is 12.8 Å². The molecular formula is C18H25N3O2S. The lowest BCUT2D eigenvalue weighted by Crippen LogP contribution is -2.34. The monoisotopic (exact) mass is 347 g/mol. The Morgan fingerprint density at radius 3 is 2.75 bits per heavy atom. The second-order valence-electron chi connectivity index (χ2n) is 6.47. The average molecular weight is 347 g/mol. The molecule has 1 aromatic carbocycles.